The van der Waals surface area contributed by atoms with Gasteiger partial charge in [-0.1, -0.05) is 35.9 Å². The lowest BCUT2D eigenvalue weighted by Gasteiger charge is -2.09. The fourth-order valence-corrected chi connectivity index (χ4v) is 2.31. The first-order chi connectivity index (χ1) is 11.2. The number of aryl methyl sites for hydroxylation is 1. The van der Waals surface area contributed by atoms with Gasteiger partial charge in [-0.15, -0.1) is 0 Å². The molecule has 2 aromatic carbocycles. The summed E-state index contributed by atoms with van der Waals surface area (Å²) in [6.45, 7) is 0.995. The van der Waals surface area contributed by atoms with Crippen molar-refractivity contribution in [2.24, 2.45) is 0 Å². The van der Waals surface area contributed by atoms with E-state index in [0.29, 0.717) is 42.5 Å². The van der Waals surface area contributed by atoms with E-state index in [2.05, 4.69) is 5.32 Å². The van der Waals surface area contributed by atoms with E-state index in [1.165, 1.54) is 0 Å². The van der Waals surface area contributed by atoms with Gasteiger partial charge in [-0.05, 0) is 30.2 Å². The Morgan fingerprint density at radius 3 is 2.74 bits per heavy atom. The van der Waals surface area contributed by atoms with E-state index in [1.807, 2.05) is 42.5 Å². The van der Waals surface area contributed by atoms with Crippen LogP contribution in [0.2, 0.25) is 5.02 Å². The minimum atomic E-state index is -0.0565. The molecule has 0 aromatic heterocycles. The van der Waals surface area contributed by atoms with E-state index in [9.17, 15) is 4.79 Å². The molecule has 4 nitrogen and oxygen atoms in total. The molecular formula is C18H20ClNO3. The average molecular weight is 334 g/mol. The molecule has 0 unspecified atom stereocenters. The summed E-state index contributed by atoms with van der Waals surface area (Å²) in [5.74, 6) is 0.643. The van der Waals surface area contributed by atoms with E-state index in [1.54, 1.807) is 13.2 Å². The van der Waals surface area contributed by atoms with Crippen LogP contribution >= 0.6 is 11.6 Å². The molecule has 5 heteroatoms. The van der Waals surface area contributed by atoms with Gasteiger partial charge in [-0.2, -0.15) is 0 Å². The van der Waals surface area contributed by atoms with Gasteiger partial charge in [0.05, 0.1) is 6.61 Å². The first-order valence-electron chi connectivity index (χ1n) is 7.44. The highest BCUT2D eigenvalue weighted by Crippen LogP contribution is 2.19. The van der Waals surface area contributed by atoms with Crippen LogP contribution in [-0.4, -0.2) is 26.2 Å². The molecule has 0 radical (unpaired) electrons. The van der Waals surface area contributed by atoms with Crippen molar-refractivity contribution in [3.8, 4) is 5.75 Å². The fourth-order valence-electron chi connectivity index (χ4n) is 2.08. The Labute approximate surface area is 141 Å². The Balaban J connectivity index is 1.85. The highest BCUT2D eigenvalue weighted by molar-refractivity contribution is 6.31. The van der Waals surface area contributed by atoms with Crippen LogP contribution in [0.1, 0.15) is 12.0 Å². The maximum atomic E-state index is 12.1. The monoisotopic (exact) mass is 333 g/mol. The highest BCUT2D eigenvalue weighted by atomic mass is 35.5. The Hall–Kier alpha value is -2.04. The molecule has 0 atom stereocenters. The number of carbonyl (C=O) groups excluding carboxylic acids is 1. The zero-order valence-corrected chi connectivity index (χ0v) is 13.8. The molecule has 0 aliphatic carbocycles. The fraction of sp³-hybridized carbons (Fsp3) is 0.278. The summed E-state index contributed by atoms with van der Waals surface area (Å²) in [4.78, 5) is 12.1. The largest absolute Gasteiger partial charge is 0.491 e. The summed E-state index contributed by atoms with van der Waals surface area (Å²) in [6, 6.07) is 14.9. The van der Waals surface area contributed by atoms with Gasteiger partial charge in [0.25, 0.3) is 0 Å². The van der Waals surface area contributed by atoms with E-state index in [0.717, 1.165) is 5.56 Å². The quantitative estimate of drug-likeness (QED) is 0.744. The molecule has 0 spiro atoms. The Morgan fingerprint density at radius 1 is 1.13 bits per heavy atom. The molecule has 0 fully saturated rings. The van der Waals surface area contributed by atoms with Gasteiger partial charge >= 0.3 is 0 Å². The third-order valence-electron chi connectivity index (χ3n) is 3.25. The van der Waals surface area contributed by atoms with Gasteiger partial charge in [-0.25, -0.2) is 0 Å². The third-order valence-corrected chi connectivity index (χ3v) is 3.62. The molecule has 0 heterocycles. The van der Waals surface area contributed by atoms with Crippen LogP contribution in [0.25, 0.3) is 0 Å². The number of hydrogen-bond acceptors (Lipinski definition) is 3. The predicted octanol–water partition coefficient (Wildman–Crippen LogP) is 3.94. The molecule has 0 saturated carbocycles. The number of amides is 1. The van der Waals surface area contributed by atoms with Crippen molar-refractivity contribution < 1.29 is 14.3 Å². The van der Waals surface area contributed by atoms with Crippen LogP contribution in [0.4, 0.5) is 5.69 Å². The minimum Gasteiger partial charge on any atom is -0.491 e. The van der Waals surface area contributed by atoms with Crippen molar-refractivity contribution in [1.82, 2.24) is 0 Å². The summed E-state index contributed by atoms with van der Waals surface area (Å²) < 4.78 is 10.5. The SMILES string of the molecule is COCCOc1cccc(NC(=O)CCc2ccccc2Cl)c1. The third kappa shape index (κ3) is 5.93. The molecule has 0 aliphatic rings. The number of halogens is 1. The van der Waals surface area contributed by atoms with Gasteiger partial charge < -0.3 is 14.8 Å². The predicted molar refractivity (Wildman–Crippen MR) is 92.2 cm³/mol. The lowest BCUT2D eigenvalue weighted by Crippen LogP contribution is -2.12. The number of carbonyl (C=O) groups is 1. The Kier molecular flexibility index (Phi) is 6.91. The molecule has 0 aliphatic heterocycles. The van der Waals surface area contributed by atoms with Crippen molar-refractivity contribution in [1.29, 1.82) is 0 Å². The summed E-state index contributed by atoms with van der Waals surface area (Å²) >= 11 is 6.09. The zero-order chi connectivity index (χ0) is 16.5. The molecule has 0 saturated heterocycles. The lowest BCUT2D eigenvalue weighted by molar-refractivity contribution is -0.116. The summed E-state index contributed by atoms with van der Waals surface area (Å²) in [5.41, 5.74) is 1.69. The number of anilines is 1. The first kappa shape index (κ1) is 17.3. The van der Waals surface area contributed by atoms with Gasteiger partial charge in [0, 0.05) is 30.3 Å². The lowest BCUT2D eigenvalue weighted by atomic mass is 10.1. The molecular weight excluding hydrogens is 314 g/mol. The standard InChI is InChI=1S/C18H20ClNO3/c1-22-11-12-23-16-7-4-6-15(13-16)20-18(21)10-9-14-5-2-3-8-17(14)19/h2-8,13H,9-12H2,1H3,(H,20,21). The van der Waals surface area contributed by atoms with Crippen LogP contribution < -0.4 is 10.1 Å². The Bertz CT molecular complexity index is 646. The average Bonchev–Trinajstić information content (AvgIpc) is 2.55. The molecule has 23 heavy (non-hydrogen) atoms. The van der Waals surface area contributed by atoms with Crippen molar-refractivity contribution in [2.45, 2.75) is 12.8 Å². The van der Waals surface area contributed by atoms with Crippen LogP contribution in [0.5, 0.6) is 5.75 Å². The van der Waals surface area contributed by atoms with Gasteiger partial charge in [0.2, 0.25) is 5.91 Å². The number of rotatable bonds is 8. The van der Waals surface area contributed by atoms with Crippen molar-refractivity contribution >= 4 is 23.2 Å². The molecule has 2 aromatic rings. The van der Waals surface area contributed by atoms with E-state index in [-0.39, 0.29) is 5.91 Å². The normalized spacial score (nSPS) is 10.3. The summed E-state index contributed by atoms with van der Waals surface area (Å²) in [5, 5.41) is 3.56. The van der Waals surface area contributed by atoms with Crippen molar-refractivity contribution in [3.05, 3.63) is 59.1 Å². The van der Waals surface area contributed by atoms with Gasteiger partial charge in [0.1, 0.15) is 12.4 Å². The second-order valence-corrected chi connectivity index (χ2v) is 5.42. The van der Waals surface area contributed by atoms with Gasteiger partial charge in [0.15, 0.2) is 0 Å². The number of hydrogen-bond donors (Lipinski definition) is 1. The van der Waals surface area contributed by atoms with E-state index >= 15 is 0 Å². The van der Waals surface area contributed by atoms with Crippen LogP contribution in [0, 0.1) is 0 Å². The molecule has 2 rings (SSSR count). The highest BCUT2D eigenvalue weighted by Gasteiger charge is 2.06. The van der Waals surface area contributed by atoms with Crippen LogP contribution in [0.3, 0.4) is 0 Å². The first-order valence-corrected chi connectivity index (χ1v) is 7.82. The van der Waals surface area contributed by atoms with Crippen molar-refractivity contribution in [3.63, 3.8) is 0 Å². The van der Waals surface area contributed by atoms with E-state index in [4.69, 9.17) is 21.1 Å². The second kappa shape index (κ2) is 9.18. The van der Waals surface area contributed by atoms with Crippen LogP contribution in [-0.2, 0) is 16.0 Å². The number of nitrogens with one attached hydrogen (secondary N) is 1. The molecule has 122 valence electrons. The maximum absolute atomic E-state index is 12.1. The molecule has 0 bridgehead atoms. The topological polar surface area (TPSA) is 47.6 Å². The van der Waals surface area contributed by atoms with Crippen LogP contribution in [0.15, 0.2) is 48.5 Å². The van der Waals surface area contributed by atoms with E-state index < -0.39 is 0 Å². The molecule has 1 amide bonds. The second-order valence-electron chi connectivity index (χ2n) is 5.01. The molecule has 1 N–H and O–H groups in total. The van der Waals surface area contributed by atoms with Gasteiger partial charge in [-0.3, -0.25) is 4.79 Å². The number of benzene rings is 2. The smallest absolute Gasteiger partial charge is 0.224 e. The van der Waals surface area contributed by atoms with Crippen molar-refractivity contribution in [2.75, 3.05) is 25.6 Å². The summed E-state index contributed by atoms with van der Waals surface area (Å²) in [6.07, 6.45) is 0.980. The number of methoxy groups -OCH3 is 1. The maximum Gasteiger partial charge on any atom is 0.224 e. The summed E-state index contributed by atoms with van der Waals surface area (Å²) in [7, 11) is 1.62. The Morgan fingerprint density at radius 2 is 1.96 bits per heavy atom. The number of ether oxygens (including phenoxy) is 2. The zero-order valence-electron chi connectivity index (χ0n) is 13.0. The minimum absolute atomic E-state index is 0.0565.